The SMILES string of the molecule is C=CC1CCCCC1.C=Cc1ccccc1. The quantitative estimate of drug-likeness (QED) is 0.602. The first-order valence-corrected chi connectivity index (χ1v) is 6.17. The van der Waals surface area contributed by atoms with E-state index in [2.05, 4.69) is 19.2 Å². The van der Waals surface area contributed by atoms with E-state index in [0.29, 0.717) is 0 Å². The van der Waals surface area contributed by atoms with Crippen LogP contribution in [0.3, 0.4) is 0 Å². The van der Waals surface area contributed by atoms with Crippen LogP contribution in [-0.4, -0.2) is 0 Å². The average molecular weight is 214 g/mol. The molecule has 1 aliphatic rings. The topological polar surface area (TPSA) is 0 Å². The van der Waals surface area contributed by atoms with Gasteiger partial charge in [0, 0.05) is 0 Å². The Hall–Kier alpha value is -1.30. The maximum absolute atomic E-state index is 3.78. The van der Waals surface area contributed by atoms with Crippen LogP contribution in [0.1, 0.15) is 37.7 Å². The largest absolute Gasteiger partial charge is 0.103 e. The molecule has 0 heteroatoms. The number of allylic oxidation sites excluding steroid dienone is 1. The van der Waals surface area contributed by atoms with Crippen molar-refractivity contribution in [2.45, 2.75) is 32.1 Å². The van der Waals surface area contributed by atoms with Crippen LogP contribution in [0.15, 0.2) is 49.6 Å². The standard InChI is InChI=1S/C8H14.C8H8/c2*1-2-8-6-4-3-5-7-8/h2,8H,1,3-7H2;2-7H,1H2. The molecule has 86 valence electrons. The van der Waals surface area contributed by atoms with Crippen LogP contribution >= 0.6 is 0 Å². The first kappa shape index (κ1) is 12.8. The lowest BCUT2D eigenvalue weighted by atomic mass is 9.90. The van der Waals surface area contributed by atoms with E-state index in [1.165, 1.54) is 37.7 Å². The van der Waals surface area contributed by atoms with Gasteiger partial charge in [0.15, 0.2) is 0 Å². The third kappa shape index (κ3) is 4.97. The predicted octanol–water partition coefficient (Wildman–Crippen LogP) is 5.08. The molecule has 1 saturated carbocycles. The van der Waals surface area contributed by atoms with Crippen LogP contribution in [0.4, 0.5) is 0 Å². The first-order valence-electron chi connectivity index (χ1n) is 6.17. The van der Waals surface area contributed by atoms with Crippen LogP contribution in [-0.2, 0) is 0 Å². The summed E-state index contributed by atoms with van der Waals surface area (Å²) in [5.41, 5.74) is 1.17. The molecule has 0 bridgehead atoms. The molecule has 0 saturated heterocycles. The molecule has 1 aromatic rings. The van der Waals surface area contributed by atoms with E-state index in [-0.39, 0.29) is 0 Å². The van der Waals surface area contributed by atoms with Crippen molar-refractivity contribution in [2.24, 2.45) is 5.92 Å². The van der Waals surface area contributed by atoms with E-state index in [1.807, 2.05) is 36.4 Å². The molecular weight excluding hydrogens is 192 g/mol. The molecule has 1 aliphatic carbocycles. The van der Waals surface area contributed by atoms with E-state index in [4.69, 9.17) is 0 Å². The fourth-order valence-electron chi connectivity index (χ4n) is 1.96. The Morgan fingerprint density at radius 3 is 1.94 bits per heavy atom. The van der Waals surface area contributed by atoms with Gasteiger partial charge in [-0.25, -0.2) is 0 Å². The molecule has 0 radical (unpaired) electrons. The Bertz CT molecular complexity index is 291. The van der Waals surface area contributed by atoms with Gasteiger partial charge in [-0.15, -0.1) is 6.58 Å². The summed E-state index contributed by atoms with van der Waals surface area (Å²) in [4.78, 5) is 0. The van der Waals surface area contributed by atoms with Crippen molar-refractivity contribution in [3.63, 3.8) is 0 Å². The van der Waals surface area contributed by atoms with Gasteiger partial charge >= 0.3 is 0 Å². The van der Waals surface area contributed by atoms with E-state index < -0.39 is 0 Å². The average Bonchev–Trinajstić information content (AvgIpc) is 2.41. The third-order valence-electron chi connectivity index (χ3n) is 3.02. The van der Waals surface area contributed by atoms with Gasteiger partial charge in [-0.1, -0.05) is 68.3 Å². The first-order chi connectivity index (χ1) is 7.86. The molecule has 0 atom stereocenters. The van der Waals surface area contributed by atoms with Crippen molar-refractivity contribution < 1.29 is 0 Å². The number of hydrogen-bond acceptors (Lipinski definition) is 0. The van der Waals surface area contributed by atoms with Crippen molar-refractivity contribution in [3.8, 4) is 0 Å². The second-order valence-corrected chi connectivity index (χ2v) is 4.25. The molecule has 0 unspecified atom stereocenters. The fourth-order valence-corrected chi connectivity index (χ4v) is 1.96. The Balaban J connectivity index is 0.000000160. The highest BCUT2D eigenvalue weighted by Crippen LogP contribution is 2.23. The lowest BCUT2D eigenvalue weighted by Crippen LogP contribution is -2.01. The third-order valence-corrected chi connectivity index (χ3v) is 3.02. The van der Waals surface area contributed by atoms with Crippen molar-refractivity contribution in [2.75, 3.05) is 0 Å². The van der Waals surface area contributed by atoms with E-state index in [9.17, 15) is 0 Å². The van der Waals surface area contributed by atoms with Crippen LogP contribution in [0.5, 0.6) is 0 Å². The van der Waals surface area contributed by atoms with Gasteiger partial charge in [0.05, 0.1) is 0 Å². The fraction of sp³-hybridized carbons (Fsp3) is 0.375. The molecule has 0 heterocycles. The summed E-state index contributed by atoms with van der Waals surface area (Å²) in [6.07, 6.45) is 11.0. The zero-order chi connectivity index (χ0) is 11.6. The van der Waals surface area contributed by atoms with Crippen molar-refractivity contribution in [3.05, 3.63) is 55.1 Å². The van der Waals surface area contributed by atoms with E-state index in [0.717, 1.165) is 5.92 Å². The van der Waals surface area contributed by atoms with Crippen LogP contribution in [0.2, 0.25) is 0 Å². The van der Waals surface area contributed by atoms with Gasteiger partial charge in [-0.2, -0.15) is 0 Å². The minimum atomic E-state index is 0.851. The Kier molecular flexibility index (Phi) is 6.32. The van der Waals surface area contributed by atoms with Gasteiger partial charge in [0.2, 0.25) is 0 Å². The molecule has 0 aliphatic heterocycles. The highest BCUT2D eigenvalue weighted by atomic mass is 14.1. The summed E-state index contributed by atoms with van der Waals surface area (Å²) in [7, 11) is 0. The number of rotatable bonds is 2. The van der Waals surface area contributed by atoms with Gasteiger partial charge < -0.3 is 0 Å². The second kappa shape index (κ2) is 7.92. The molecule has 2 rings (SSSR count). The Morgan fingerprint density at radius 2 is 1.56 bits per heavy atom. The normalized spacial score (nSPS) is 15.8. The molecular formula is C16H22. The van der Waals surface area contributed by atoms with Crippen molar-refractivity contribution >= 4 is 6.08 Å². The zero-order valence-corrected chi connectivity index (χ0v) is 10.1. The van der Waals surface area contributed by atoms with Gasteiger partial charge in [0.25, 0.3) is 0 Å². The summed E-state index contributed by atoms with van der Waals surface area (Å²) in [5.74, 6) is 0.851. The highest BCUT2D eigenvalue weighted by Gasteiger charge is 2.07. The summed E-state index contributed by atoms with van der Waals surface area (Å²) < 4.78 is 0. The lowest BCUT2D eigenvalue weighted by Gasteiger charge is -2.16. The second-order valence-electron chi connectivity index (χ2n) is 4.25. The van der Waals surface area contributed by atoms with Crippen molar-refractivity contribution in [1.82, 2.24) is 0 Å². The van der Waals surface area contributed by atoms with Crippen LogP contribution in [0.25, 0.3) is 6.08 Å². The van der Waals surface area contributed by atoms with Gasteiger partial charge in [0.1, 0.15) is 0 Å². The summed E-state index contributed by atoms with van der Waals surface area (Å²) in [6.45, 7) is 7.42. The van der Waals surface area contributed by atoms with E-state index in [1.54, 1.807) is 0 Å². The maximum Gasteiger partial charge on any atom is -0.0236 e. The minimum absolute atomic E-state index is 0.851. The Labute approximate surface area is 99.7 Å². The Morgan fingerprint density at radius 1 is 0.938 bits per heavy atom. The molecule has 0 amide bonds. The summed E-state index contributed by atoms with van der Waals surface area (Å²) in [6, 6.07) is 10.0. The van der Waals surface area contributed by atoms with Crippen LogP contribution in [0, 0.1) is 5.92 Å². The predicted molar refractivity (Wildman–Crippen MR) is 73.3 cm³/mol. The van der Waals surface area contributed by atoms with Gasteiger partial charge in [-0.3, -0.25) is 0 Å². The molecule has 1 aromatic carbocycles. The molecule has 0 nitrogen and oxygen atoms in total. The molecule has 1 fully saturated rings. The lowest BCUT2D eigenvalue weighted by molar-refractivity contribution is 0.420. The van der Waals surface area contributed by atoms with Crippen molar-refractivity contribution in [1.29, 1.82) is 0 Å². The number of hydrogen-bond donors (Lipinski definition) is 0. The molecule has 0 N–H and O–H groups in total. The maximum atomic E-state index is 3.78. The van der Waals surface area contributed by atoms with Gasteiger partial charge in [-0.05, 0) is 24.3 Å². The minimum Gasteiger partial charge on any atom is -0.103 e. The smallest absolute Gasteiger partial charge is 0.0236 e. The number of benzene rings is 1. The highest BCUT2D eigenvalue weighted by molar-refractivity contribution is 5.45. The molecule has 16 heavy (non-hydrogen) atoms. The summed E-state index contributed by atoms with van der Waals surface area (Å²) >= 11 is 0. The zero-order valence-electron chi connectivity index (χ0n) is 10.1. The molecule has 0 aromatic heterocycles. The monoisotopic (exact) mass is 214 g/mol. The molecule has 0 spiro atoms. The summed E-state index contributed by atoms with van der Waals surface area (Å²) in [5, 5.41) is 0. The van der Waals surface area contributed by atoms with E-state index >= 15 is 0 Å². The van der Waals surface area contributed by atoms with Crippen LogP contribution < -0.4 is 0 Å².